The van der Waals surface area contributed by atoms with Gasteiger partial charge in [0, 0.05) is 16.8 Å². The van der Waals surface area contributed by atoms with Crippen LogP contribution in [0.4, 0.5) is 5.69 Å². The molecule has 148 valence electrons. The highest BCUT2D eigenvalue weighted by atomic mass is 16.6. The van der Waals surface area contributed by atoms with Crippen molar-refractivity contribution in [2.24, 2.45) is 0 Å². The third-order valence-corrected chi connectivity index (χ3v) is 4.34. The molecule has 3 rings (SSSR count). The number of benzene rings is 2. The Labute approximate surface area is 167 Å². The van der Waals surface area contributed by atoms with Gasteiger partial charge in [-0.3, -0.25) is 9.59 Å². The van der Waals surface area contributed by atoms with Gasteiger partial charge in [-0.25, -0.2) is 4.79 Å². The van der Waals surface area contributed by atoms with Gasteiger partial charge in [-0.2, -0.15) is 0 Å². The lowest BCUT2D eigenvalue weighted by molar-refractivity contribution is -0.125. The zero-order chi connectivity index (χ0) is 21.0. The van der Waals surface area contributed by atoms with Crippen LogP contribution >= 0.6 is 0 Å². The maximum atomic E-state index is 13.0. The van der Waals surface area contributed by atoms with Crippen LogP contribution in [0.1, 0.15) is 50.8 Å². The predicted octanol–water partition coefficient (Wildman–Crippen LogP) is 4.03. The first kappa shape index (κ1) is 20.0. The van der Waals surface area contributed by atoms with E-state index in [2.05, 4.69) is 10.5 Å². The minimum atomic E-state index is -1.20. The molecular formula is C22H20N2O5. The third kappa shape index (κ3) is 4.57. The number of hydrogen-bond acceptors (Lipinski definition) is 6. The van der Waals surface area contributed by atoms with Crippen molar-refractivity contribution in [3.05, 3.63) is 82.7 Å². The molecule has 7 nitrogen and oxygen atoms in total. The number of ketones is 1. The molecule has 0 aliphatic rings. The van der Waals surface area contributed by atoms with Crippen LogP contribution in [0.5, 0.6) is 0 Å². The summed E-state index contributed by atoms with van der Waals surface area (Å²) in [4.78, 5) is 37.2. The number of hydrogen-bond donors (Lipinski definition) is 1. The molecule has 1 amide bonds. The van der Waals surface area contributed by atoms with E-state index in [9.17, 15) is 14.4 Å². The number of carbonyl (C=O) groups is 3. The molecule has 0 unspecified atom stereocenters. The molecule has 1 aromatic heterocycles. The summed E-state index contributed by atoms with van der Waals surface area (Å²) in [5.41, 5.74) is 1.97. The number of nitrogens with one attached hydrogen (secondary N) is 1. The largest absolute Gasteiger partial charge is 0.444 e. The molecule has 0 bridgehead atoms. The standard InChI is InChI=1S/C22H20N2O5/c1-13-19(15(3)29-24-13)22(27)28-20(16-8-5-4-6-9-16)21(26)23-18-11-7-10-17(12-18)14(2)25/h4-12,20H,1-3H3,(H,23,26)/t20-/m1/s1. The highest BCUT2D eigenvalue weighted by Gasteiger charge is 2.28. The van der Waals surface area contributed by atoms with E-state index in [1.807, 2.05) is 0 Å². The van der Waals surface area contributed by atoms with Gasteiger partial charge < -0.3 is 14.6 Å². The molecule has 1 atom stereocenters. The van der Waals surface area contributed by atoms with E-state index in [1.54, 1.807) is 68.4 Å². The van der Waals surface area contributed by atoms with Crippen molar-refractivity contribution < 1.29 is 23.6 Å². The summed E-state index contributed by atoms with van der Waals surface area (Å²) >= 11 is 0. The van der Waals surface area contributed by atoms with Crippen molar-refractivity contribution in [1.82, 2.24) is 5.16 Å². The van der Waals surface area contributed by atoms with Crippen molar-refractivity contribution in [2.75, 3.05) is 5.32 Å². The third-order valence-electron chi connectivity index (χ3n) is 4.34. The topological polar surface area (TPSA) is 98.5 Å². The zero-order valence-electron chi connectivity index (χ0n) is 16.3. The molecule has 0 aliphatic carbocycles. The Morgan fingerprint density at radius 3 is 2.38 bits per heavy atom. The summed E-state index contributed by atoms with van der Waals surface area (Å²) in [6.07, 6.45) is -1.20. The lowest BCUT2D eigenvalue weighted by atomic mass is 10.1. The number of esters is 1. The van der Waals surface area contributed by atoms with Gasteiger partial charge in [0.2, 0.25) is 6.10 Å². The summed E-state index contributed by atoms with van der Waals surface area (Å²) in [5, 5.41) is 6.46. The van der Waals surface area contributed by atoms with Crippen LogP contribution in [0.2, 0.25) is 0 Å². The number of rotatable bonds is 6. The minimum absolute atomic E-state index is 0.120. The monoisotopic (exact) mass is 392 g/mol. The van der Waals surface area contributed by atoms with Gasteiger partial charge in [0.15, 0.2) is 5.78 Å². The highest BCUT2D eigenvalue weighted by molar-refractivity contribution is 6.00. The van der Waals surface area contributed by atoms with E-state index in [0.29, 0.717) is 28.3 Å². The number of anilines is 1. The van der Waals surface area contributed by atoms with Crippen molar-refractivity contribution in [3.63, 3.8) is 0 Å². The first-order valence-electron chi connectivity index (χ1n) is 8.97. The van der Waals surface area contributed by atoms with E-state index in [4.69, 9.17) is 9.26 Å². The summed E-state index contributed by atoms with van der Waals surface area (Å²) in [6.45, 7) is 4.67. The summed E-state index contributed by atoms with van der Waals surface area (Å²) in [7, 11) is 0. The van der Waals surface area contributed by atoms with E-state index in [-0.39, 0.29) is 11.3 Å². The number of Topliss-reactive ketones (excluding diaryl/α,β-unsaturated/α-hetero) is 1. The fourth-order valence-corrected chi connectivity index (χ4v) is 2.86. The number of carbonyl (C=O) groups excluding carboxylic acids is 3. The van der Waals surface area contributed by atoms with Gasteiger partial charge in [-0.1, -0.05) is 47.6 Å². The van der Waals surface area contributed by atoms with Crippen LogP contribution in [-0.4, -0.2) is 22.8 Å². The van der Waals surface area contributed by atoms with Crippen LogP contribution in [-0.2, 0) is 9.53 Å². The molecule has 0 fully saturated rings. The quantitative estimate of drug-likeness (QED) is 0.502. The van der Waals surface area contributed by atoms with E-state index in [0.717, 1.165) is 0 Å². The highest BCUT2D eigenvalue weighted by Crippen LogP contribution is 2.24. The van der Waals surface area contributed by atoms with Gasteiger partial charge in [-0.05, 0) is 32.9 Å². The van der Waals surface area contributed by atoms with Crippen LogP contribution < -0.4 is 5.32 Å². The van der Waals surface area contributed by atoms with Crippen LogP contribution in [0.15, 0.2) is 59.1 Å². The lowest BCUT2D eigenvalue weighted by Crippen LogP contribution is -2.26. The average Bonchev–Trinajstić information content (AvgIpc) is 3.05. The fourth-order valence-electron chi connectivity index (χ4n) is 2.86. The molecule has 0 aliphatic heterocycles. The van der Waals surface area contributed by atoms with Crippen LogP contribution in [0.3, 0.4) is 0 Å². The molecular weight excluding hydrogens is 372 g/mol. The number of nitrogens with zero attached hydrogens (tertiary/aromatic N) is 1. The van der Waals surface area contributed by atoms with Gasteiger partial charge in [-0.15, -0.1) is 0 Å². The van der Waals surface area contributed by atoms with Gasteiger partial charge in [0.25, 0.3) is 5.91 Å². The molecule has 29 heavy (non-hydrogen) atoms. The van der Waals surface area contributed by atoms with E-state index < -0.39 is 18.0 Å². The molecule has 0 saturated carbocycles. The van der Waals surface area contributed by atoms with Crippen LogP contribution in [0.25, 0.3) is 0 Å². The van der Waals surface area contributed by atoms with E-state index in [1.165, 1.54) is 6.92 Å². The molecule has 0 saturated heterocycles. The zero-order valence-corrected chi connectivity index (χ0v) is 16.3. The molecule has 2 aromatic carbocycles. The second-order valence-corrected chi connectivity index (χ2v) is 6.52. The normalized spacial score (nSPS) is 11.6. The Bertz CT molecular complexity index is 1040. The van der Waals surface area contributed by atoms with Gasteiger partial charge in [0.1, 0.15) is 11.3 Å². The number of ether oxygens (including phenoxy) is 1. The maximum absolute atomic E-state index is 13.0. The molecule has 1 N–H and O–H groups in total. The van der Waals surface area contributed by atoms with Crippen LogP contribution in [0, 0.1) is 13.8 Å². The fraction of sp³-hybridized carbons (Fsp3) is 0.182. The summed E-state index contributed by atoms with van der Waals surface area (Å²) < 4.78 is 10.5. The lowest BCUT2D eigenvalue weighted by Gasteiger charge is -2.18. The van der Waals surface area contributed by atoms with Crippen molar-refractivity contribution in [3.8, 4) is 0 Å². The summed E-state index contributed by atoms with van der Waals surface area (Å²) in [6, 6.07) is 15.2. The number of amides is 1. The first-order valence-corrected chi connectivity index (χ1v) is 8.97. The molecule has 1 heterocycles. The van der Waals surface area contributed by atoms with Crippen molar-refractivity contribution in [1.29, 1.82) is 0 Å². The Kier molecular flexibility index (Phi) is 5.87. The molecule has 3 aromatic rings. The number of aryl methyl sites for hydroxylation is 2. The molecule has 0 spiro atoms. The Balaban J connectivity index is 1.88. The first-order chi connectivity index (χ1) is 13.9. The number of aromatic nitrogens is 1. The SMILES string of the molecule is CC(=O)c1cccc(NC(=O)[C@H](OC(=O)c2c(C)noc2C)c2ccccc2)c1. The van der Waals surface area contributed by atoms with Crippen molar-refractivity contribution >= 4 is 23.3 Å². The average molecular weight is 392 g/mol. The molecule has 0 radical (unpaired) electrons. The predicted molar refractivity (Wildman–Crippen MR) is 106 cm³/mol. The Morgan fingerprint density at radius 2 is 1.76 bits per heavy atom. The van der Waals surface area contributed by atoms with Gasteiger partial charge in [0.05, 0.1) is 5.69 Å². The Morgan fingerprint density at radius 1 is 1.03 bits per heavy atom. The molecule has 7 heteroatoms. The summed E-state index contributed by atoms with van der Waals surface area (Å²) in [5.74, 6) is -1.06. The van der Waals surface area contributed by atoms with Crippen molar-refractivity contribution in [2.45, 2.75) is 26.9 Å². The Hall–Kier alpha value is -3.74. The smallest absolute Gasteiger partial charge is 0.344 e. The minimum Gasteiger partial charge on any atom is -0.444 e. The maximum Gasteiger partial charge on any atom is 0.344 e. The second kappa shape index (κ2) is 8.52. The van der Waals surface area contributed by atoms with E-state index >= 15 is 0 Å². The van der Waals surface area contributed by atoms with Gasteiger partial charge >= 0.3 is 5.97 Å². The second-order valence-electron chi connectivity index (χ2n) is 6.52.